The van der Waals surface area contributed by atoms with Crippen molar-refractivity contribution < 1.29 is 41.2 Å². The lowest BCUT2D eigenvalue weighted by Crippen LogP contribution is -2.64. The lowest BCUT2D eigenvalue weighted by Gasteiger charge is -2.43. The number of hydrogen-bond donors (Lipinski definition) is 4. The number of nitrogens with two attached hydrogens (primary N) is 1. The number of urea groups is 1. The van der Waals surface area contributed by atoms with Gasteiger partial charge in [0.05, 0.1) is 22.1 Å². The van der Waals surface area contributed by atoms with Crippen LogP contribution in [0.25, 0.3) is 0 Å². The molecule has 0 aromatic rings. The second-order valence-corrected chi connectivity index (χ2v) is 20.0. The second kappa shape index (κ2) is 12.5. The third kappa shape index (κ3) is 7.96. The van der Waals surface area contributed by atoms with Crippen LogP contribution in [-0.2, 0) is 29.0 Å². The van der Waals surface area contributed by atoms with Crippen molar-refractivity contribution in [3.8, 4) is 0 Å². The van der Waals surface area contributed by atoms with E-state index in [-0.39, 0.29) is 49.0 Å². The number of primary amides is 1. The van der Waals surface area contributed by atoms with E-state index in [0.717, 1.165) is 12.8 Å². The molecule has 272 valence electrons. The first-order chi connectivity index (χ1) is 21.7. The van der Waals surface area contributed by atoms with Gasteiger partial charge in [-0.15, -0.1) is 0 Å². The zero-order valence-corrected chi connectivity index (χ0v) is 30.2. The number of ketones is 1. The molecule has 3 aliphatic carbocycles. The number of nitrogens with zero attached hydrogens (tertiary/aromatic N) is 1. The summed E-state index contributed by atoms with van der Waals surface area (Å²) in [5, 5.41) is 8.10. The highest BCUT2D eigenvalue weighted by atomic mass is 32.2. The van der Waals surface area contributed by atoms with Crippen LogP contribution in [0, 0.1) is 28.6 Å². The van der Waals surface area contributed by atoms with E-state index in [0.29, 0.717) is 0 Å². The van der Waals surface area contributed by atoms with Crippen LogP contribution in [0.4, 0.5) is 13.6 Å². The summed E-state index contributed by atoms with van der Waals surface area (Å²) in [6.45, 7) is 13.9. The Hall–Kier alpha value is -2.84. The minimum atomic E-state index is -3.84. The quantitative estimate of drug-likeness (QED) is 0.239. The molecule has 15 heteroatoms. The summed E-state index contributed by atoms with van der Waals surface area (Å²) in [7, 11) is -3.84. The fourth-order valence-corrected chi connectivity index (χ4v) is 8.88. The fraction of sp³-hybridized carbons (Fsp3) is 0.848. The Morgan fingerprint density at radius 2 is 1.50 bits per heavy atom. The van der Waals surface area contributed by atoms with Crippen LogP contribution >= 0.6 is 0 Å². The van der Waals surface area contributed by atoms with Crippen LogP contribution in [0.1, 0.15) is 100 Å². The molecule has 48 heavy (non-hydrogen) atoms. The highest BCUT2D eigenvalue weighted by Crippen LogP contribution is 2.65. The molecule has 5 atom stereocenters. The maximum Gasteiger partial charge on any atom is 0.315 e. The summed E-state index contributed by atoms with van der Waals surface area (Å²) in [6, 6.07) is -4.14. The Labute approximate surface area is 282 Å². The molecule has 4 aliphatic rings. The van der Waals surface area contributed by atoms with E-state index in [4.69, 9.17) is 5.73 Å². The van der Waals surface area contributed by atoms with Crippen molar-refractivity contribution in [1.29, 1.82) is 0 Å². The van der Waals surface area contributed by atoms with Gasteiger partial charge in [-0.1, -0.05) is 47.5 Å². The summed E-state index contributed by atoms with van der Waals surface area (Å²) in [6.07, 6.45) is 0.283. The summed E-state index contributed by atoms with van der Waals surface area (Å²) in [5.74, 6) is -6.76. The number of amides is 5. The molecule has 12 nitrogen and oxygen atoms in total. The number of halogens is 2. The number of hydrogen-bond acceptors (Lipinski definition) is 7. The van der Waals surface area contributed by atoms with Crippen LogP contribution in [0.3, 0.4) is 0 Å². The number of Topliss-reactive ketones (excluding diaryl/α,β-unsaturated/α-hetero) is 1. The van der Waals surface area contributed by atoms with Gasteiger partial charge in [0.15, 0.2) is 9.84 Å². The second-order valence-electron chi connectivity index (χ2n) is 17.3. The van der Waals surface area contributed by atoms with E-state index in [1.54, 1.807) is 20.8 Å². The van der Waals surface area contributed by atoms with Crippen LogP contribution in [-0.4, -0.2) is 89.5 Å². The van der Waals surface area contributed by atoms with Crippen LogP contribution in [0.2, 0.25) is 0 Å². The molecule has 0 spiro atoms. The molecule has 0 aromatic carbocycles. The molecule has 1 heterocycles. The van der Waals surface area contributed by atoms with Crippen LogP contribution in [0.5, 0.6) is 0 Å². The Morgan fingerprint density at radius 1 is 0.938 bits per heavy atom. The van der Waals surface area contributed by atoms with E-state index in [2.05, 4.69) is 16.0 Å². The van der Waals surface area contributed by atoms with Crippen molar-refractivity contribution >= 4 is 39.4 Å². The molecule has 1 saturated heterocycles. The minimum absolute atomic E-state index is 0.0184. The molecule has 4 fully saturated rings. The predicted octanol–water partition coefficient (Wildman–Crippen LogP) is 2.68. The summed E-state index contributed by atoms with van der Waals surface area (Å²) in [4.78, 5) is 67.6. The van der Waals surface area contributed by atoms with Crippen molar-refractivity contribution in [3.05, 3.63) is 0 Å². The number of likely N-dealkylation sites (tertiary alicyclic amines) is 1. The number of sulfone groups is 1. The van der Waals surface area contributed by atoms with Crippen molar-refractivity contribution in [2.75, 3.05) is 12.3 Å². The van der Waals surface area contributed by atoms with Gasteiger partial charge in [0.2, 0.25) is 23.5 Å². The summed E-state index contributed by atoms with van der Waals surface area (Å²) >= 11 is 0. The fourth-order valence-electron chi connectivity index (χ4n) is 7.36. The van der Waals surface area contributed by atoms with Gasteiger partial charge >= 0.3 is 6.03 Å². The zero-order valence-electron chi connectivity index (χ0n) is 29.4. The van der Waals surface area contributed by atoms with Crippen LogP contribution in [0.15, 0.2) is 0 Å². The van der Waals surface area contributed by atoms with Gasteiger partial charge < -0.3 is 26.6 Å². The van der Waals surface area contributed by atoms with Crippen molar-refractivity contribution in [2.45, 2.75) is 135 Å². The number of carbonyl (C=O) groups excluding carboxylic acids is 5. The van der Waals surface area contributed by atoms with E-state index in [9.17, 15) is 41.2 Å². The number of piperidine rings is 1. The van der Waals surface area contributed by atoms with E-state index in [1.807, 2.05) is 13.8 Å². The highest BCUT2D eigenvalue weighted by molar-refractivity contribution is 7.92. The first-order valence-electron chi connectivity index (χ1n) is 16.8. The molecular weight excluding hydrogens is 648 g/mol. The molecule has 5 amide bonds. The average molecular weight is 702 g/mol. The Morgan fingerprint density at radius 3 is 1.98 bits per heavy atom. The Bertz CT molecular complexity index is 1440. The van der Waals surface area contributed by atoms with Crippen LogP contribution < -0.4 is 21.7 Å². The third-order valence-corrected chi connectivity index (χ3v) is 13.8. The monoisotopic (exact) mass is 701 g/mol. The Balaban J connectivity index is 1.57. The van der Waals surface area contributed by atoms with E-state index in [1.165, 1.54) is 25.7 Å². The van der Waals surface area contributed by atoms with Gasteiger partial charge in [0.25, 0.3) is 5.91 Å². The molecule has 5 N–H and O–H groups in total. The molecule has 3 saturated carbocycles. The molecule has 4 rings (SSSR count). The van der Waals surface area contributed by atoms with Crippen molar-refractivity contribution in [2.24, 2.45) is 34.3 Å². The van der Waals surface area contributed by atoms with Gasteiger partial charge in [0, 0.05) is 19.4 Å². The van der Waals surface area contributed by atoms with Crippen molar-refractivity contribution in [1.82, 2.24) is 20.9 Å². The number of alkyl halides is 2. The number of carbonyl (C=O) groups is 5. The number of nitrogens with one attached hydrogen (secondary N) is 3. The molecule has 0 bridgehead atoms. The van der Waals surface area contributed by atoms with Crippen molar-refractivity contribution in [3.63, 3.8) is 0 Å². The molecule has 0 radical (unpaired) electrons. The zero-order chi connectivity index (χ0) is 36.4. The third-order valence-electron chi connectivity index (χ3n) is 11.0. The molecule has 1 aliphatic heterocycles. The minimum Gasteiger partial charge on any atom is -0.363 e. The number of rotatable bonds is 11. The smallest absolute Gasteiger partial charge is 0.315 e. The SMILES string of the molecule is CC(C)(C)C(NC(=O)NC1(CS(=O)(=O)C(C)(C)C)CCC(F)(F)CC1)C(=O)N1CC2C([C@H]1C(=O)NC(CC1CC1)C(=O)C(N)=O)C2(C)C. The topological polar surface area (TPSA) is 185 Å². The van der Waals surface area contributed by atoms with Gasteiger partial charge in [-0.3, -0.25) is 19.2 Å². The first kappa shape index (κ1) is 38.0. The van der Waals surface area contributed by atoms with Gasteiger partial charge in [-0.25, -0.2) is 22.0 Å². The average Bonchev–Trinajstić information content (AvgIpc) is 3.78. The maximum absolute atomic E-state index is 14.3. The molecule has 4 unspecified atom stereocenters. The lowest BCUT2D eigenvalue weighted by molar-refractivity contribution is -0.145. The maximum atomic E-state index is 14.3. The first-order valence-corrected chi connectivity index (χ1v) is 18.5. The largest absolute Gasteiger partial charge is 0.363 e. The Kier molecular flexibility index (Phi) is 9.88. The van der Waals surface area contributed by atoms with Gasteiger partial charge in [-0.05, 0) is 68.6 Å². The summed E-state index contributed by atoms with van der Waals surface area (Å²) in [5.41, 5.74) is 2.64. The predicted molar refractivity (Wildman–Crippen MR) is 174 cm³/mol. The number of fused-ring (bicyclic) bond motifs is 1. The van der Waals surface area contributed by atoms with Gasteiger partial charge in [0.1, 0.15) is 12.1 Å². The standard InChI is InChI=1S/C33H53F2N5O7S/c1-29(2,3)24(38-28(45)39-32(11-13-33(34,35)14-12-32)17-48(46,47)30(4,5)6)27(44)40-16-19-21(31(19,7)8)22(40)26(43)37-20(15-18-9-10-18)23(41)25(36)42/h18-22,24H,9-17H2,1-8H3,(H2,36,42)(H,37,43)(H2,38,39,45)/t19?,20?,21?,22-,24?/m0/s1. The lowest BCUT2D eigenvalue weighted by atomic mass is 9.81. The molecular formula is C33H53F2N5O7S. The van der Waals surface area contributed by atoms with E-state index < -0.39 is 97.7 Å². The molecule has 0 aromatic heterocycles. The highest BCUT2D eigenvalue weighted by Gasteiger charge is 2.70. The van der Waals surface area contributed by atoms with Gasteiger partial charge in [-0.2, -0.15) is 0 Å². The normalized spacial score (nSPS) is 27.2. The van der Waals surface area contributed by atoms with E-state index >= 15 is 0 Å². The summed E-state index contributed by atoms with van der Waals surface area (Å²) < 4.78 is 53.7.